The van der Waals surface area contributed by atoms with Gasteiger partial charge in [0.25, 0.3) is 0 Å². The minimum absolute atomic E-state index is 0.278. The van der Waals surface area contributed by atoms with Crippen molar-refractivity contribution < 1.29 is 5.11 Å². The molecule has 0 aliphatic heterocycles. The number of rotatable bonds is 5. The second kappa shape index (κ2) is 5.39. The molecule has 1 heterocycles. The third kappa shape index (κ3) is 3.10. The number of hydrogen-bond acceptors (Lipinski definition) is 3. The molecule has 0 aliphatic carbocycles. The van der Waals surface area contributed by atoms with Crippen LogP contribution in [0, 0.1) is 0 Å². The molecular weight excluding hydrogens is 242 g/mol. The van der Waals surface area contributed by atoms with Crippen LogP contribution in [-0.2, 0) is 0 Å². The number of fused-ring (bicyclic) bond motifs is 1. The highest BCUT2D eigenvalue weighted by Crippen LogP contribution is 2.29. The molecular formula is C15H21NOS. The van der Waals surface area contributed by atoms with Gasteiger partial charge in [-0.2, -0.15) is 0 Å². The minimum Gasteiger partial charge on any atom is -0.389 e. The Balaban J connectivity index is 2.07. The van der Waals surface area contributed by atoms with E-state index in [-0.39, 0.29) is 6.04 Å². The molecule has 1 aromatic heterocycles. The van der Waals surface area contributed by atoms with Gasteiger partial charge < -0.3 is 10.4 Å². The first-order valence-corrected chi connectivity index (χ1v) is 7.28. The number of benzene rings is 1. The highest BCUT2D eigenvalue weighted by molar-refractivity contribution is 7.19. The number of aliphatic hydroxyl groups is 1. The fraction of sp³-hybridized carbons (Fsp3) is 0.467. The van der Waals surface area contributed by atoms with Crippen LogP contribution in [-0.4, -0.2) is 17.3 Å². The summed E-state index contributed by atoms with van der Waals surface area (Å²) in [5, 5.41) is 14.7. The van der Waals surface area contributed by atoms with Crippen LogP contribution in [0.5, 0.6) is 0 Å². The quantitative estimate of drug-likeness (QED) is 0.862. The van der Waals surface area contributed by atoms with Gasteiger partial charge in [0.1, 0.15) is 0 Å². The topological polar surface area (TPSA) is 32.3 Å². The maximum Gasteiger partial charge on any atom is 0.0741 e. The zero-order valence-corrected chi connectivity index (χ0v) is 12.1. The van der Waals surface area contributed by atoms with Crippen LogP contribution in [0.1, 0.15) is 38.1 Å². The molecule has 2 atom stereocenters. The van der Waals surface area contributed by atoms with Gasteiger partial charge in [0.05, 0.1) is 5.60 Å². The van der Waals surface area contributed by atoms with Gasteiger partial charge in [-0.25, -0.2) is 0 Å². The zero-order valence-electron chi connectivity index (χ0n) is 11.2. The fourth-order valence-corrected chi connectivity index (χ4v) is 2.91. The monoisotopic (exact) mass is 263 g/mol. The van der Waals surface area contributed by atoms with E-state index in [4.69, 9.17) is 0 Å². The van der Waals surface area contributed by atoms with E-state index in [0.717, 1.165) is 6.42 Å². The van der Waals surface area contributed by atoms with Crippen molar-refractivity contribution in [2.45, 2.75) is 38.8 Å². The SMILES string of the molecule is CCC(C)(O)CNC(C)c1cc2ccccc2s1. The lowest BCUT2D eigenvalue weighted by atomic mass is 10.0. The van der Waals surface area contributed by atoms with Gasteiger partial charge in [0, 0.05) is 22.2 Å². The van der Waals surface area contributed by atoms with Crippen LogP contribution < -0.4 is 5.32 Å². The third-order valence-corrected chi connectivity index (χ3v) is 4.72. The lowest BCUT2D eigenvalue weighted by Gasteiger charge is -2.24. The minimum atomic E-state index is -0.620. The largest absolute Gasteiger partial charge is 0.389 e. The zero-order chi connectivity index (χ0) is 13.2. The van der Waals surface area contributed by atoms with Crippen molar-refractivity contribution in [1.82, 2.24) is 5.32 Å². The molecule has 2 rings (SSSR count). The van der Waals surface area contributed by atoms with Crippen LogP contribution in [0.3, 0.4) is 0 Å². The maximum atomic E-state index is 10.00. The van der Waals surface area contributed by atoms with Gasteiger partial charge in [0.2, 0.25) is 0 Å². The van der Waals surface area contributed by atoms with Crippen molar-refractivity contribution in [3.8, 4) is 0 Å². The number of nitrogens with one attached hydrogen (secondary N) is 1. The smallest absolute Gasteiger partial charge is 0.0741 e. The van der Waals surface area contributed by atoms with Crippen molar-refractivity contribution in [3.63, 3.8) is 0 Å². The molecule has 0 fully saturated rings. The summed E-state index contributed by atoms with van der Waals surface area (Å²) in [5.41, 5.74) is -0.620. The summed E-state index contributed by atoms with van der Waals surface area (Å²) >= 11 is 1.82. The average molecular weight is 263 g/mol. The summed E-state index contributed by atoms with van der Waals surface area (Å²) in [6.07, 6.45) is 0.763. The van der Waals surface area contributed by atoms with E-state index < -0.39 is 5.60 Å². The summed E-state index contributed by atoms with van der Waals surface area (Å²) in [7, 11) is 0. The van der Waals surface area contributed by atoms with Gasteiger partial charge >= 0.3 is 0 Å². The molecule has 0 aliphatic rings. The van der Waals surface area contributed by atoms with E-state index in [1.165, 1.54) is 15.0 Å². The molecule has 18 heavy (non-hydrogen) atoms. The molecule has 2 N–H and O–H groups in total. The molecule has 1 aromatic carbocycles. The van der Waals surface area contributed by atoms with E-state index in [1.807, 2.05) is 25.2 Å². The lowest BCUT2D eigenvalue weighted by Crippen LogP contribution is -2.38. The Hall–Kier alpha value is -0.900. The van der Waals surface area contributed by atoms with Crippen LogP contribution in [0.15, 0.2) is 30.3 Å². The Morgan fingerprint density at radius 2 is 2.11 bits per heavy atom. The summed E-state index contributed by atoms with van der Waals surface area (Å²) in [4.78, 5) is 1.32. The highest BCUT2D eigenvalue weighted by Gasteiger charge is 2.19. The second-order valence-corrected chi connectivity index (χ2v) is 6.26. The first kappa shape index (κ1) is 13.5. The predicted molar refractivity (Wildman–Crippen MR) is 79.2 cm³/mol. The third-order valence-electron chi connectivity index (χ3n) is 3.42. The van der Waals surface area contributed by atoms with E-state index in [2.05, 4.69) is 42.6 Å². The molecule has 3 heteroatoms. The fourth-order valence-electron chi connectivity index (χ4n) is 1.81. The second-order valence-electron chi connectivity index (χ2n) is 5.14. The van der Waals surface area contributed by atoms with Crippen LogP contribution in [0.4, 0.5) is 0 Å². The van der Waals surface area contributed by atoms with E-state index >= 15 is 0 Å². The van der Waals surface area contributed by atoms with Crippen LogP contribution in [0.25, 0.3) is 10.1 Å². The van der Waals surface area contributed by atoms with E-state index in [1.54, 1.807) is 0 Å². The molecule has 0 amide bonds. The standard InChI is InChI=1S/C15H21NOS/c1-4-15(3,17)10-16-11(2)14-9-12-7-5-6-8-13(12)18-14/h5-9,11,16-17H,4,10H2,1-3H3. The van der Waals surface area contributed by atoms with Crippen molar-refractivity contribution in [3.05, 3.63) is 35.2 Å². The predicted octanol–water partition coefficient (Wildman–Crippen LogP) is 3.71. The Kier molecular flexibility index (Phi) is 4.05. The van der Waals surface area contributed by atoms with Crippen molar-refractivity contribution in [1.29, 1.82) is 0 Å². The molecule has 0 spiro atoms. The highest BCUT2D eigenvalue weighted by atomic mass is 32.1. The van der Waals surface area contributed by atoms with Gasteiger partial charge in [0.15, 0.2) is 0 Å². The Labute approximate surface area is 113 Å². The summed E-state index contributed by atoms with van der Waals surface area (Å²) in [5.74, 6) is 0. The van der Waals surface area contributed by atoms with Gasteiger partial charge in [-0.1, -0.05) is 25.1 Å². The molecule has 0 radical (unpaired) electrons. The molecule has 98 valence electrons. The van der Waals surface area contributed by atoms with Gasteiger partial charge in [-0.15, -0.1) is 11.3 Å². The maximum absolute atomic E-state index is 10.00. The van der Waals surface area contributed by atoms with Crippen molar-refractivity contribution in [2.75, 3.05) is 6.54 Å². The molecule has 2 unspecified atom stereocenters. The van der Waals surface area contributed by atoms with Gasteiger partial charge in [-0.05, 0) is 37.8 Å². The van der Waals surface area contributed by atoms with Crippen molar-refractivity contribution in [2.24, 2.45) is 0 Å². The van der Waals surface area contributed by atoms with Crippen molar-refractivity contribution >= 4 is 21.4 Å². The normalized spacial score (nSPS) is 16.7. The molecule has 0 bridgehead atoms. The van der Waals surface area contributed by atoms with Crippen LogP contribution in [0.2, 0.25) is 0 Å². The lowest BCUT2D eigenvalue weighted by molar-refractivity contribution is 0.0535. The summed E-state index contributed by atoms with van der Waals surface area (Å²) in [6, 6.07) is 10.9. The van der Waals surface area contributed by atoms with E-state index in [9.17, 15) is 5.11 Å². The molecule has 0 saturated carbocycles. The molecule has 0 saturated heterocycles. The molecule has 2 aromatic rings. The number of hydrogen-bond donors (Lipinski definition) is 2. The Morgan fingerprint density at radius 3 is 2.78 bits per heavy atom. The van der Waals surface area contributed by atoms with Gasteiger partial charge in [-0.3, -0.25) is 0 Å². The molecule has 2 nitrogen and oxygen atoms in total. The number of thiophene rings is 1. The first-order chi connectivity index (χ1) is 8.52. The summed E-state index contributed by atoms with van der Waals surface area (Å²) in [6.45, 7) is 6.65. The average Bonchev–Trinajstić information content (AvgIpc) is 2.80. The Bertz CT molecular complexity index is 485. The van der Waals surface area contributed by atoms with Crippen LogP contribution >= 0.6 is 11.3 Å². The first-order valence-electron chi connectivity index (χ1n) is 6.46. The Morgan fingerprint density at radius 1 is 1.39 bits per heavy atom. The van der Waals surface area contributed by atoms with E-state index in [0.29, 0.717) is 6.54 Å². The summed E-state index contributed by atoms with van der Waals surface area (Å²) < 4.78 is 1.32.